The van der Waals surface area contributed by atoms with Gasteiger partial charge in [0.15, 0.2) is 17.0 Å². The summed E-state index contributed by atoms with van der Waals surface area (Å²) in [6.07, 6.45) is -0.287. The first-order valence-electron chi connectivity index (χ1n) is 10.6. The molecule has 4 heterocycles. The van der Waals surface area contributed by atoms with E-state index in [1.165, 1.54) is 10.7 Å². The highest BCUT2D eigenvalue weighted by Crippen LogP contribution is 2.44. The lowest BCUT2D eigenvalue weighted by atomic mass is 9.79. The number of aromatic amines is 1. The third kappa shape index (κ3) is 3.71. The van der Waals surface area contributed by atoms with Crippen molar-refractivity contribution in [3.8, 4) is 12.1 Å². The van der Waals surface area contributed by atoms with Gasteiger partial charge in [0.2, 0.25) is 0 Å². The molecule has 4 aromatic heterocycles. The van der Waals surface area contributed by atoms with Crippen LogP contribution in [0.5, 0.6) is 0 Å². The average Bonchev–Trinajstić information content (AvgIpc) is 3.42. The second-order valence-electron chi connectivity index (χ2n) is 8.25. The predicted octanol–water partition coefficient (Wildman–Crippen LogP) is 3.20. The maximum absolute atomic E-state index is 12.9. The summed E-state index contributed by atoms with van der Waals surface area (Å²) in [5, 5.41) is 27.0. The molecule has 0 spiro atoms. The number of rotatable bonds is 4. The Hall–Kier alpha value is -4.52. The number of nitrogens with one attached hydrogen (secondary N) is 1. The maximum atomic E-state index is 12.9. The molecule has 1 N–H and O–H groups in total. The summed E-state index contributed by atoms with van der Waals surface area (Å²) in [7, 11) is 0. The number of pyridine rings is 1. The monoisotopic (exact) mass is 479 g/mol. The van der Waals surface area contributed by atoms with Gasteiger partial charge in [-0.15, -0.1) is 0 Å². The fourth-order valence-corrected chi connectivity index (χ4v) is 4.25. The standard InChI is InChI=1S/C22H16F3N9O/c1-11(12-2-5-17(28-10-12)22(23,24)25)34-20-18(15(9-27)32-34)21(35)30-19(29-20)14-3-4-16(14)33-7-6-13(8-26)31-33/h2,5-7,10-11,14,16H,3-4H2,1H3,(H,29,30,35). The Kier molecular flexibility index (Phi) is 5.13. The summed E-state index contributed by atoms with van der Waals surface area (Å²) in [5.41, 5.74) is -0.864. The molecule has 3 atom stereocenters. The molecular weight excluding hydrogens is 463 g/mol. The quantitative estimate of drug-likeness (QED) is 0.474. The third-order valence-corrected chi connectivity index (χ3v) is 6.26. The molecule has 13 heteroatoms. The van der Waals surface area contributed by atoms with E-state index in [4.69, 9.17) is 5.26 Å². The van der Waals surface area contributed by atoms with Gasteiger partial charge in [-0.2, -0.15) is 33.9 Å². The van der Waals surface area contributed by atoms with Crippen LogP contribution < -0.4 is 5.56 Å². The maximum Gasteiger partial charge on any atom is 0.433 e. The van der Waals surface area contributed by atoms with Crippen molar-refractivity contribution in [2.75, 3.05) is 0 Å². The van der Waals surface area contributed by atoms with Crippen molar-refractivity contribution in [1.29, 1.82) is 10.5 Å². The summed E-state index contributed by atoms with van der Waals surface area (Å²) in [4.78, 5) is 23.8. The van der Waals surface area contributed by atoms with Gasteiger partial charge in [0.25, 0.3) is 5.56 Å². The van der Waals surface area contributed by atoms with E-state index in [0.29, 0.717) is 11.4 Å². The average molecular weight is 479 g/mol. The molecule has 0 radical (unpaired) electrons. The van der Waals surface area contributed by atoms with Gasteiger partial charge in [0, 0.05) is 18.3 Å². The van der Waals surface area contributed by atoms with Crippen LogP contribution >= 0.6 is 0 Å². The molecule has 0 aromatic carbocycles. The number of aromatic nitrogens is 7. The fourth-order valence-electron chi connectivity index (χ4n) is 4.25. The molecule has 176 valence electrons. The van der Waals surface area contributed by atoms with Gasteiger partial charge >= 0.3 is 6.18 Å². The lowest BCUT2D eigenvalue weighted by Gasteiger charge is -2.35. The van der Waals surface area contributed by atoms with Crippen LogP contribution in [0.4, 0.5) is 13.2 Å². The van der Waals surface area contributed by atoms with Crippen molar-refractivity contribution < 1.29 is 13.2 Å². The van der Waals surface area contributed by atoms with Gasteiger partial charge in [-0.05, 0) is 37.5 Å². The molecule has 1 aliphatic carbocycles. The van der Waals surface area contributed by atoms with Gasteiger partial charge in [-0.1, -0.05) is 6.07 Å². The molecule has 10 nitrogen and oxygen atoms in total. The summed E-state index contributed by atoms with van der Waals surface area (Å²) in [6, 6.07) is 6.85. The highest BCUT2D eigenvalue weighted by molar-refractivity contribution is 5.80. The van der Waals surface area contributed by atoms with Crippen LogP contribution in [0.3, 0.4) is 0 Å². The largest absolute Gasteiger partial charge is 0.433 e. The molecular formula is C22H16F3N9O. The molecule has 3 unspecified atom stereocenters. The molecule has 1 fully saturated rings. The smallest absolute Gasteiger partial charge is 0.309 e. The summed E-state index contributed by atoms with van der Waals surface area (Å²) < 4.78 is 41.7. The van der Waals surface area contributed by atoms with Crippen LogP contribution in [-0.4, -0.2) is 34.5 Å². The van der Waals surface area contributed by atoms with E-state index in [9.17, 15) is 23.2 Å². The lowest BCUT2D eigenvalue weighted by molar-refractivity contribution is -0.141. The Morgan fingerprint density at radius 2 is 1.97 bits per heavy atom. The van der Waals surface area contributed by atoms with Gasteiger partial charge < -0.3 is 4.98 Å². The van der Waals surface area contributed by atoms with Crippen LogP contribution in [-0.2, 0) is 6.18 Å². The Balaban J connectivity index is 1.56. The zero-order valence-electron chi connectivity index (χ0n) is 18.2. The summed E-state index contributed by atoms with van der Waals surface area (Å²) in [6.45, 7) is 1.67. The third-order valence-electron chi connectivity index (χ3n) is 6.26. The second-order valence-corrected chi connectivity index (χ2v) is 8.25. The summed E-state index contributed by atoms with van der Waals surface area (Å²) in [5.74, 6) is 0.201. The molecule has 4 aromatic rings. The molecule has 0 aliphatic heterocycles. The highest BCUT2D eigenvalue weighted by Gasteiger charge is 2.37. The van der Waals surface area contributed by atoms with Crippen molar-refractivity contribution in [3.63, 3.8) is 0 Å². The topological polar surface area (TPSA) is 142 Å². The number of hydrogen-bond donors (Lipinski definition) is 1. The Morgan fingerprint density at radius 3 is 2.54 bits per heavy atom. The number of nitriles is 2. The number of halogens is 3. The van der Waals surface area contributed by atoms with E-state index >= 15 is 0 Å². The first-order valence-corrected chi connectivity index (χ1v) is 10.6. The minimum atomic E-state index is -4.57. The molecule has 0 amide bonds. The molecule has 1 saturated carbocycles. The summed E-state index contributed by atoms with van der Waals surface area (Å²) >= 11 is 0. The number of hydrogen-bond acceptors (Lipinski definition) is 7. The molecule has 0 saturated heterocycles. The van der Waals surface area contributed by atoms with Crippen molar-refractivity contribution >= 4 is 11.0 Å². The molecule has 0 bridgehead atoms. The zero-order chi connectivity index (χ0) is 24.9. The van der Waals surface area contributed by atoms with Gasteiger partial charge in [0.1, 0.15) is 29.0 Å². The van der Waals surface area contributed by atoms with Crippen LogP contribution in [0, 0.1) is 22.7 Å². The molecule has 35 heavy (non-hydrogen) atoms. The first kappa shape index (κ1) is 22.3. The number of H-pyrrole nitrogens is 1. The number of nitrogens with zero attached hydrogens (tertiary/aromatic N) is 8. The zero-order valence-corrected chi connectivity index (χ0v) is 18.2. The minimum Gasteiger partial charge on any atom is -0.309 e. The predicted molar refractivity (Wildman–Crippen MR) is 114 cm³/mol. The van der Waals surface area contributed by atoms with Crippen molar-refractivity contribution in [3.05, 3.63) is 69.4 Å². The fraction of sp³-hybridized carbons (Fsp3) is 0.318. The number of fused-ring (bicyclic) bond motifs is 1. The van der Waals surface area contributed by atoms with E-state index in [1.807, 2.05) is 12.1 Å². The molecule has 1 aliphatic rings. The lowest BCUT2D eigenvalue weighted by Crippen LogP contribution is -2.31. The Bertz CT molecular complexity index is 1570. The van der Waals surface area contributed by atoms with E-state index < -0.39 is 23.5 Å². The van der Waals surface area contributed by atoms with E-state index in [1.54, 1.807) is 23.9 Å². The number of alkyl halides is 3. The Morgan fingerprint density at radius 1 is 1.17 bits per heavy atom. The second kappa shape index (κ2) is 8.06. The van der Waals surface area contributed by atoms with E-state index in [-0.39, 0.29) is 34.4 Å². The van der Waals surface area contributed by atoms with Crippen molar-refractivity contribution in [1.82, 2.24) is 34.5 Å². The van der Waals surface area contributed by atoms with Crippen LogP contribution in [0.15, 0.2) is 35.4 Å². The Labute approximate surface area is 195 Å². The van der Waals surface area contributed by atoms with Gasteiger partial charge in [-0.25, -0.2) is 9.67 Å². The van der Waals surface area contributed by atoms with Gasteiger partial charge in [-0.3, -0.25) is 14.5 Å². The van der Waals surface area contributed by atoms with Crippen LogP contribution in [0.25, 0.3) is 11.0 Å². The minimum absolute atomic E-state index is 0.00435. The van der Waals surface area contributed by atoms with Crippen LogP contribution in [0.2, 0.25) is 0 Å². The SMILES string of the molecule is CC(c1ccc(C(F)(F)F)nc1)n1nc(C#N)c2c(=O)[nH]c(C3CCC3n3ccc(C#N)n3)nc21. The normalized spacial score (nSPS) is 18.6. The van der Waals surface area contributed by atoms with E-state index in [2.05, 4.69) is 25.1 Å². The van der Waals surface area contributed by atoms with Gasteiger partial charge in [0.05, 0.1) is 12.1 Å². The van der Waals surface area contributed by atoms with E-state index in [0.717, 1.165) is 25.1 Å². The highest BCUT2D eigenvalue weighted by atomic mass is 19.4. The van der Waals surface area contributed by atoms with Crippen LogP contribution in [0.1, 0.15) is 66.2 Å². The van der Waals surface area contributed by atoms with Crippen molar-refractivity contribution in [2.24, 2.45) is 0 Å². The molecule has 5 rings (SSSR count). The first-order chi connectivity index (χ1) is 16.7. The van der Waals surface area contributed by atoms with Crippen molar-refractivity contribution in [2.45, 2.75) is 43.9 Å².